The largest absolute Gasteiger partial charge is 0.460 e. The lowest BCUT2D eigenvalue weighted by Crippen LogP contribution is -2.55. The van der Waals surface area contributed by atoms with Gasteiger partial charge in [-0.2, -0.15) is 0 Å². The summed E-state index contributed by atoms with van der Waals surface area (Å²) < 4.78 is 16.5. The van der Waals surface area contributed by atoms with Crippen LogP contribution >= 0.6 is 0 Å². The van der Waals surface area contributed by atoms with Gasteiger partial charge in [-0.3, -0.25) is 43.2 Å². The Morgan fingerprint density at radius 2 is 0.661 bits per heavy atom. The van der Waals surface area contributed by atoms with E-state index in [9.17, 15) is 43.2 Å². The van der Waals surface area contributed by atoms with E-state index in [0.717, 1.165) is 45.4 Å². The minimum absolute atomic E-state index is 0. The predicted octanol–water partition coefficient (Wildman–Crippen LogP) is 21.2. The molecule has 0 spiro atoms. The molecule has 0 saturated carbocycles. The van der Waals surface area contributed by atoms with Gasteiger partial charge in [0.1, 0.15) is 34.9 Å². The van der Waals surface area contributed by atoms with Crippen LogP contribution in [0, 0.1) is 47.8 Å². The first-order chi connectivity index (χ1) is 55.5. The average molecular weight is 1660 g/mol. The third-order valence-electron chi connectivity index (χ3n) is 19.7. The lowest BCUT2D eigenvalue weighted by molar-refractivity contribution is -0.158. The molecule has 7 aromatic carbocycles. The maximum Gasteiger partial charge on any atom is 0.307 e. The van der Waals surface area contributed by atoms with E-state index in [-0.39, 0.29) is 87.7 Å². The number of hydrogen-bond acceptors (Lipinski definition) is 12. The zero-order valence-electron chi connectivity index (χ0n) is 75.1. The summed E-state index contributed by atoms with van der Waals surface area (Å²) in [5.74, 6) is -5.17. The van der Waals surface area contributed by atoms with E-state index >= 15 is 0 Å². The van der Waals surface area contributed by atoms with Crippen molar-refractivity contribution in [2.75, 3.05) is 0 Å². The van der Waals surface area contributed by atoms with Crippen molar-refractivity contribution >= 4 is 59.4 Å². The zero-order chi connectivity index (χ0) is 88.8. The molecule has 7 aromatic rings. The molecule has 9 atom stereocenters. The number of benzene rings is 7. The molecule has 121 heavy (non-hydrogen) atoms. The van der Waals surface area contributed by atoms with Crippen LogP contribution in [-0.4, -0.2) is 88.3 Å². The fraction of sp³-hybridized carbons (Fsp3) is 0.466. The van der Waals surface area contributed by atoms with Gasteiger partial charge in [0.15, 0.2) is 0 Å². The Bertz CT molecular complexity index is 4470. The summed E-state index contributed by atoms with van der Waals surface area (Å²) in [7, 11) is 0. The molecule has 0 fully saturated rings. The minimum atomic E-state index is -0.806. The highest BCUT2D eigenvalue weighted by atomic mass is 16.6. The number of carbonyl (C=O) groups excluding carboxylic acids is 9. The molecule has 6 amide bonds. The number of nitrogens with one attached hydrogen (secondary N) is 6. The van der Waals surface area contributed by atoms with E-state index in [0.29, 0.717) is 25.7 Å². The number of hydrogen-bond donors (Lipinski definition) is 6. The number of rotatable bonds is 32. The lowest BCUT2D eigenvalue weighted by Gasteiger charge is -2.33. The van der Waals surface area contributed by atoms with Crippen molar-refractivity contribution in [1.82, 2.24) is 31.9 Å². The molecular weight excluding hydrogens is 1510 g/mol. The van der Waals surface area contributed by atoms with E-state index in [2.05, 4.69) is 107 Å². The van der Waals surface area contributed by atoms with Gasteiger partial charge in [0.25, 0.3) is 0 Å². The fourth-order valence-electron chi connectivity index (χ4n) is 13.5. The molecule has 0 aromatic heterocycles. The molecule has 0 saturated heterocycles. The highest BCUT2D eigenvalue weighted by Gasteiger charge is 2.40. The van der Waals surface area contributed by atoms with Crippen LogP contribution in [0.15, 0.2) is 207 Å². The number of amides is 6. The normalized spacial score (nSPS) is 13.9. The summed E-state index contributed by atoms with van der Waals surface area (Å²) in [5, 5.41) is 17.9. The molecule has 7 rings (SSSR count). The number of ether oxygens (including phenoxy) is 3. The van der Waals surface area contributed by atoms with Crippen molar-refractivity contribution in [3.8, 4) is 22.3 Å². The topological polar surface area (TPSA) is 253 Å². The smallest absolute Gasteiger partial charge is 0.307 e. The summed E-state index contributed by atoms with van der Waals surface area (Å²) in [4.78, 5) is 118. The maximum atomic E-state index is 13.8. The van der Waals surface area contributed by atoms with Gasteiger partial charge in [-0.25, -0.2) is 0 Å². The summed E-state index contributed by atoms with van der Waals surface area (Å²) in [5.41, 5.74) is 8.55. The first-order valence-electron chi connectivity index (χ1n) is 41.7. The predicted molar refractivity (Wildman–Crippen MR) is 493 cm³/mol. The fourth-order valence-corrected chi connectivity index (χ4v) is 13.5. The molecule has 0 aliphatic heterocycles. The van der Waals surface area contributed by atoms with Gasteiger partial charge >= 0.3 is 17.9 Å². The monoisotopic (exact) mass is 1660 g/mol. The van der Waals surface area contributed by atoms with E-state index in [4.69, 9.17) is 14.2 Å². The Balaban J connectivity index is 0.000000473. The summed E-state index contributed by atoms with van der Waals surface area (Å²) in [6.45, 7) is 47.0. The van der Waals surface area contributed by atoms with Crippen LogP contribution in [0.5, 0.6) is 0 Å². The Labute approximate surface area is 725 Å². The summed E-state index contributed by atoms with van der Waals surface area (Å²) in [6, 6.07) is 59.3. The lowest BCUT2D eigenvalue weighted by atomic mass is 9.85. The number of esters is 3. The van der Waals surface area contributed by atoms with Crippen molar-refractivity contribution < 1.29 is 57.4 Å². The zero-order valence-corrected chi connectivity index (χ0v) is 75.1. The number of aryl methyl sites for hydroxylation is 3. The molecule has 0 heterocycles. The van der Waals surface area contributed by atoms with Gasteiger partial charge in [-0.15, -0.1) is 6.58 Å². The minimum Gasteiger partial charge on any atom is -0.460 e. The van der Waals surface area contributed by atoms with E-state index in [1.165, 1.54) is 22.3 Å². The van der Waals surface area contributed by atoms with Crippen LogP contribution in [0.4, 0.5) is 0 Å². The Morgan fingerprint density at radius 1 is 0.364 bits per heavy atom. The highest BCUT2D eigenvalue weighted by Crippen LogP contribution is 2.31. The van der Waals surface area contributed by atoms with Crippen molar-refractivity contribution in [1.29, 1.82) is 0 Å². The maximum absolute atomic E-state index is 13.8. The summed E-state index contributed by atoms with van der Waals surface area (Å²) >= 11 is 0. The SMILES string of the molecule is C.C.C=CC[C@H](CC(=O)OC(C)(C)C)C(=O)N[C@H](C(=O)N[C@H](C)c1ccccc1)C(C)(C)C.Cc1cc(/C=C/C[C@H](CC(=O)OC(C)(C)C)C(=O)N[C@H](C(=O)N[C@H](C)c2ccccc2)C(C)(C)C)ccc1-c1ccccc1.Cc1cc(CCC[C@H](CC(=O)OC(C)(C)C)C(=O)N[C@H](C(=O)N[C@H](C)c2ccccc2)C(C)(C)C)ccc1-c1ccccc1. The number of allylic oxidation sites excluding steroid dienone is 2. The van der Waals surface area contributed by atoms with Gasteiger partial charge < -0.3 is 46.1 Å². The number of carbonyl (C=O) groups is 9. The summed E-state index contributed by atoms with van der Waals surface area (Å²) in [6.07, 6.45) is 7.84. The molecule has 0 aliphatic carbocycles. The van der Waals surface area contributed by atoms with Crippen molar-refractivity contribution in [3.63, 3.8) is 0 Å². The van der Waals surface area contributed by atoms with Crippen molar-refractivity contribution in [3.05, 3.63) is 246 Å². The highest BCUT2D eigenvalue weighted by molar-refractivity contribution is 5.93. The molecule has 0 radical (unpaired) electrons. The second kappa shape index (κ2) is 48.0. The first kappa shape index (κ1) is 104. The molecule has 658 valence electrons. The van der Waals surface area contributed by atoms with Crippen LogP contribution in [0.1, 0.15) is 262 Å². The van der Waals surface area contributed by atoms with Crippen LogP contribution in [0.25, 0.3) is 28.3 Å². The standard InChI is InChI=1S/C38H50N2O4.C38H48N2O4.C25H38N2O4.2CH4/c2*1-26-24-28(22-23-32(26)30-19-13-10-14-20-30)16-15-21-31(25-33(41)44-38(6,7)8)35(42)40-34(37(3,4)5)36(43)39-27(2)29-17-11-9-12-18-29;1-9-13-19(16-20(28)31-25(6,7)8)22(29)27-21(24(3,4)5)23(30)26-17(2)18-14-11-10-12-15-18;;/h9-14,17-20,22-24,27,31,34H,15-16,21,25H2,1-8H3,(H,39,43)(H,40,42);9-20,22-24,27,31,34H,21,25H2,1-8H3,(H,39,43)(H,40,42);9-12,14-15,17,19,21H,1,13,16H2,2-8H3,(H,26,30)(H,27,29);2*1H4/b;16-15+;;;/t2*27-,31-,34-;17-,19-,21-;;/m111../s1. The Kier molecular flexibility index (Phi) is 41.5. The molecule has 6 N–H and O–H groups in total. The Hall–Kier alpha value is -10.8. The van der Waals surface area contributed by atoms with E-state index in [1.807, 2.05) is 249 Å². The second-order valence-corrected chi connectivity index (χ2v) is 37.3. The molecule has 18 heteroatoms. The first-order valence-corrected chi connectivity index (χ1v) is 41.7. The molecule has 18 nitrogen and oxygen atoms in total. The average Bonchev–Trinajstić information content (AvgIpc) is 0.847. The van der Waals surface area contributed by atoms with Crippen LogP contribution in [0.3, 0.4) is 0 Å². The van der Waals surface area contributed by atoms with E-state index in [1.54, 1.807) is 47.6 Å². The third kappa shape index (κ3) is 37.4. The third-order valence-corrected chi connectivity index (χ3v) is 19.7. The van der Waals surface area contributed by atoms with Gasteiger partial charge in [0.2, 0.25) is 35.4 Å². The van der Waals surface area contributed by atoms with Gasteiger partial charge in [-0.1, -0.05) is 283 Å². The van der Waals surface area contributed by atoms with Gasteiger partial charge in [0.05, 0.1) is 49.2 Å². The molecule has 0 bridgehead atoms. The molecule has 0 aliphatic rings. The van der Waals surface area contributed by atoms with E-state index < -0.39 is 86.8 Å². The Morgan fingerprint density at radius 3 is 0.967 bits per heavy atom. The molecule has 0 unspecified atom stereocenters. The molecular formula is C103H144N6O12. The van der Waals surface area contributed by atoms with Crippen LogP contribution < -0.4 is 31.9 Å². The second-order valence-electron chi connectivity index (χ2n) is 37.3. The quantitative estimate of drug-likeness (QED) is 0.0131. The van der Waals surface area contributed by atoms with Crippen LogP contribution in [0.2, 0.25) is 0 Å². The van der Waals surface area contributed by atoms with Crippen molar-refractivity contribution in [2.45, 2.75) is 279 Å². The van der Waals surface area contributed by atoms with Crippen LogP contribution in [-0.2, 0) is 63.8 Å². The van der Waals surface area contributed by atoms with Gasteiger partial charge in [-0.05, 0) is 206 Å². The van der Waals surface area contributed by atoms with Gasteiger partial charge in [0, 0.05) is 5.92 Å². The van der Waals surface area contributed by atoms with Crippen molar-refractivity contribution in [2.24, 2.45) is 34.0 Å².